The van der Waals surface area contributed by atoms with Gasteiger partial charge in [-0.2, -0.15) is 9.37 Å². The Kier molecular flexibility index (Phi) is 7.00. The number of aromatic nitrogens is 3. The van der Waals surface area contributed by atoms with Gasteiger partial charge >= 0.3 is 6.01 Å². The van der Waals surface area contributed by atoms with Gasteiger partial charge in [0.05, 0.1) is 11.3 Å². The molecule has 1 aliphatic rings. The smallest absolute Gasteiger partial charge is 0.324 e. The summed E-state index contributed by atoms with van der Waals surface area (Å²) < 4.78 is 21.4. The van der Waals surface area contributed by atoms with Crippen LogP contribution in [0, 0.1) is 5.95 Å². The highest BCUT2D eigenvalue weighted by atomic mass is 19.1. The molecular weight excluding hydrogens is 497 g/mol. The molecule has 2 N–H and O–H groups in total. The van der Waals surface area contributed by atoms with Gasteiger partial charge in [-0.25, -0.2) is 9.98 Å². The fourth-order valence-corrected chi connectivity index (χ4v) is 4.75. The van der Waals surface area contributed by atoms with Crippen LogP contribution in [0.5, 0.6) is 11.8 Å². The molecular formula is C29H26FN7O2. The molecule has 5 rings (SSSR count). The number of amides is 1. The van der Waals surface area contributed by atoms with Crippen LogP contribution in [-0.2, 0) is 18.3 Å². The highest BCUT2D eigenvalue weighted by molar-refractivity contribution is 6.14. The number of rotatable bonds is 6. The number of anilines is 2. The third kappa shape index (κ3) is 4.91. The van der Waals surface area contributed by atoms with Crippen molar-refractivity contribution in [3.63, 3.8) is 0 Å². The van der Waals surface area contributed by atoms with E-state index in [9.17, 15) is 9.18 Å². The SMILES string of the molecule is C=CC(=O)Nc1ccc(-c2c3c(c(NC)n2C)C(N=C)=NCCc2cc(Oc4nccc(F)n4)ccc2-3)cc1. The second kappa shape index (κ2) is 10.7. The molecule has 0 bridgehead atoms. The first kappa shape index (κ1) is 25.5. The first-order chi connectivity index (χ1) is 18.9. The number of aliphatic imine (C=N–C) groups is 2. The number of fused-ring (bicyclic) bond motifs is 3. The Morgan fingerprint density at radius 3 is 2.67 bits per heavy atom. The summed E-state index contributed by atoms with van der Waals surface area (Å²) >= 11 is 0. The summed E-state index contributed by atoms with van der Waals surface area (Å²) in [4.78, 5) is 28.5. The molecule has 0 saturated heterocycles. The van der Waals surface area contributed by atoms with E-state index in [4.69, 9.17) is 9.73 Å². The molecule has 2 aromatic carbocycles. The van der Waals surface area contributed by atoms with Crippen LogP contribution in [-0.4, -0.2) is 46.6 Å². The van der Waals surface area contributed by atoms with Crippen LogP contribution in [0.15, 0.2) is 77.4 Å². The van der Waals surface area contributed by atoms with Crippen molar-refractivity contribution >= 4 is 30.0 Å². The van der Waals surface area contributed by atoms with Gasteiger partial charge in [0.2, 0.25) is 11.9 Å². The van der Waals surface area contributed by atoms with Gasteiger partial charge in [-0.15, -0.1) is 0 Å². The van der Waals surface area contributed by atoms with Crippen LogP contribution >= 0.6 is 0 Å². The van der Waals surface area contributed by atoms with Crippen molar-refractivity contribution in [3.05, 3.63) is 84.5 Å². The normalized spacial score (nSPS) is 12.2. The first-order valence-corrected chi connectivity index (χ1v) is 12.2. The Bertz CT molecular complexity index is 1620. The molecule has 0 aliphatic carbocycles. The monoisotopic (exact) mass is 523 g/mol. The van der Waals surface area contributed by atoms with E-state index in [2.05, 4.69) is 43.5 Å². The molecule has 0 spiro atoms. The summed E-state index contributed by atoms with van der Waals surface area (Å²) in [5, 5.41) is 6.08. The maximum atomic E-state index is 13.6. The zero-order valence-electron chi connectivity index (χ0n) is 21.5. The molecule has 1 aliphatic heterocycles. The largest absolute Gasteiger partial charge is 0.424 e. The van der Waals surface area contributed by atoms with Crippen molar-refractivity contribution in [3.8, 4) is 34.1 Å². The number of halogens is 1. The van der Waals surface area contributed by atoms with Gasteiger partial charge < -0.3 is 19.9 Å². The topological polar surface area (TPSA) is 106 Å². The maximum absolute atomic E-state index is 13.6. The Labute approximate surface area is 224 Å². The van der Waals surface area contributed by atoms with E-state index >= 15 is 0 Å². The van der Waals surface area contributed by atoms with Gasteiger partial charge in [0.1, 0.15) is 11.6 Å². The lowest BCUT2D eigenvalue weighted by atomic mass is 9.91. The number of nitrogens with zero attached hydrogens (tertiary/aromatic N) is 5. The number of nitrogens with one attached hydrogen (secondary N) is 2. The van der Waals surface area contributed by atoms with E-state index in [-0.39, 0.29) is 11.9 Å². The second-order valence-corrected chi connectivity index (χ2v) is 8.72. The number of ether oxygens (including phenoxy) is 1. The lowest BCUT2D eigenvalue weighted by Gasteiger charge is -2.17. The number of carbonyl (C=O) groups excluding carboxylic acids is 1. The quantitative estimate of drug-likeness (QED) is 0.204. The molecule has 0 fully saturated rings. The summed E-state index contributed by atoms with van der Waals surface area (Å²) in [7, 11) is 3.82. The van der Waals surface area contributed by atoms with E-state index < -0.39 is 5.95 Å². The highest BCUT2D eigenvalue weighted by Crippen LogP contribution is 2.44. The van der Waals surface area contributed by atoms with Gasteiger partial charge in [-0.3, -0.25) is 9.79 Å². The lowest BCUT2D eigenvalue weighted by molar-refractivity contribution is -0.111. The number of amidine groups is 1. The molecule has 196 valence electrons. The summed E-state index contributed by atoms with van der Waals surface area (Å²) in [6.45, 7) is 7.78. The van der Waals surface area contributed by atoms with Crippen LogP contribution in [0.4, 0.5) is 15.9 Å². The first-order valence-electron chi connectivity index (χ1n) is 12.2. The summed E-state index contributed by atoms with van der Waals surface area (Å²) in [5.41, 5.74) is 6.24. The third-order valence-corrected chi connectivity index (χ3v) is 6.41. The molecule has 0 unspecified atom stereocenters. The van der Waals surface area contributed by atoms with Gasteiger partial charge in [-0.05, 0) is 60.2 Å². The second-order valence-electron chi connectivity index (χ2n) is 8.72. The van der Waals surface area contributed by atoms with E-state index in [0.29, 0.717) is 30.2 Å². The van der Waals surface area contributed by atoms with Gasteiger partial charge in [0.25, 0.3) is 0 Å². The number of hydrogen-bond acceptors (Lipinski definition) is 7. The van der Waals surface area contributed by atoms with Gasteiger partial charge in [-0.1, -0.05) is 24.8 Å². The summed E-state index contributed by atoms with van der Waals surface area (Å²) in [5.74, 6) is 0.916. The highest BCUT2D eigenvalue weighted by Gasteiger charge is 2.28. The zero-order valence-corrected chi connectivity index (χ0v) is 21.5. The maximum Gasteiger partial charge on any atom is 0.324 e. The standard InChI is InChI=1S/C29H26FN7O2/c1-5-23(38)35-19-8-6-17(7-9-19)26-24-21-11-10-20(39-29-34-15-13-22(30)36-29)16-18(21)12-14-33-27(31-2)25(24)28(32-3)37(26)4/h5-11,13,15-16,32H,1-2,12,14H2,3-4H3,(H,35,38). The van der Waals surface area contributed by atoms with Crippen molar-refractivity contribution < 1.29 is 13.9 Å². The molecule has 39 heavy (non-hydrogen) atoms. The summed E-state index contributed by atoms with van der Waals surface area (Å²) in [6, 6.07) is 14.3. The fourth-order valence-electron chi connectivity index (χ4n) is 4.75. The predicted molar refractivity (Wildman–Crippen MR) is 151 cm³/mol. The molecule has 1 amide bonds. The molecule has 3 heterocycles. The summed E-state index contributed by atoms with van der Waals surface area (Å²) in [6.07, 6.45) is 3.15. The third-order valence-electron chi connectivity index (χ3n) is 6.41. The van der Waals surface area contributed by atoms with Crippen LogP contribution < -0.4 is 15.4 Å². The van der Waals surface area contributed by atoms with Crippen LogP contribution in [0.3, 0.4) is 0 Å². The predicted octanol–water partition coefficient (Wildman–Crippen LogP) is 5.25. The molecule has 4 aromatic rings. The van der Waals surface area contributed by atoms with Crippen LogP contribution in [0.1, 0.15) is 11.1 Å². The average molecular weight is 524 g/mol. The Morgan fingerprint density at radius 1 is 1.18 bits per heavy atom. The van der Waals surface area contributed by atoms with E-state index in [1.165, 1.54) is 12.3 Å². The zero-order chi connectivity index (χ0) is 27.5. The van der Waals surface area contributed by atoms with Crippen molar-refractivity contribution in [1.29, 1.82) is 0 Å². The van der Waals surface area contributed by atoms with Crippen molar-refractivity contribution in [2.75, 3.05) is 24.2 Å². The van der Waals surface area contributed by atoms with Crippen molar-refractivity contribution in [2.45, 2.75) is 6.42 Å². The number of benzene rings is 2. The Morgan fingerprint density at radius 2 is 1.97 bits per heavy atom. The minimum Gasteiger partial charge on any atom is -0.424 e. The minimum atomic E-state index is -0.668. The van der Waals surface area contributed by atoms with Gasteiger partial charge in [0.15, 0.2) is 5.84 Å². The van der Waals surface area contributed by atoms with Crippen LogP contribution in [0.25, 0.3) is 22.4 Å². The molecule has 9 nitrogen and oxygen atoms in total. The minimum absolute atomic E-state index is 0.0702. The van der Waals surface area contributed by atoms with Crippen LogP contribution in [0.2, 0.25) is 0 Å². The number of hydrogen-bond donors (Lipinski definition) is 2. The molecule has 0 saturated carbocycles. The van der Waals surface area contributed by atoms with Gasteiger partial charge in [0, 0.05) is 44.2 Å². The Hall–Kier alpha value is -5.12. The van der Waals surface area contributed by atoms with Crippen molar-refractivity contribution in [1.82, 2.24) is 14.5 Å². The average Bonchev–Trinajstić information content (AvgIpc) is 3.21. The van der Waals surface area contributed by atoms with E-state index in [1.807, 2.05) is 50.5 Å². The van der Waals surface area contributed by atoms with Crippen molar-refractivity contribution in [2.24, 2.45) is 17.0 Å². The van der Waals surface area contributed by atoms with E-state index in [0.717, 1.165) is 45.4 Å². The molecule has 0 atom stereocenters. The lowest BCUT2D eigenvalue weighted by Crippen LogP contribution is -2.08. The molecule has 10 heteroatoms. The Balaban J connectivity index is 1.67. The number of carbonyl (C=O) groups is 1. The fraction of sp³-hybridized carbons (Fsp3) is 0.138. The van der Waals surface area contributed by atoms with E-state index in [1.54, 1.807) is 6.07 Å². The molecule has 2 aromatic heterocycles. The molecule has 0 radical (unpaired) electrons.